The minimum absolute atomic E-state index is 0.236. The Labute approximate surface area is 197 Å². The number of hydrogen-bond donors (Lipinski definition) is 2. The van der Waals surface area contributed by atoms with Gasteiger partial charge in [-0.05, 0) is 49.2 Å². The maximum absolute atomic E-state index is 13.5. The van der Waals surface area contributed by atoms with Gasteiger partial charge in [-0.15, -0.1) is 0 Å². The van der Waals surface area contributed by atoms with Crippen molar-refractivity contribution < 1.29 is 9.90 Å². The van der Waals surface area contributed by atoms with E-state index in [0.29, 0.717) is 41.9 Å². The molecule has 2 N–H and O–H groups in total. The van der Waals surface area contributed by atoms with Crippen LogP contribution in [0, 0.1) is 11.8 Å². The highest BCUT2D eigenvalue weighted by Crippen LogP contribution is 2.28. The summed E-state index contributed by atoms with van der Waals surface area (Å²) in [5.41, 5.74) is 1.76. The Morgan fingerprint density at radius 2 is 1.56 bits per heavy atom. The molecule has 8 heteroatoms. The highest BCUT2D eigenvalue weighted by atomic mass is 16.4. The number of hydrogen-bond acceptors (Lipinski definition) is 4. The molecule has 2 aromatic heterocycles. The number of carbonyl (C=O) groups is 1. The first-order chi connectivity index (χ1) is 16.5. The van der Waals surface area contributed by atoms with Crippen LogP contribution in [-0.4, -0.2) is 30.2 Å². The molecule has 0 spiro atoms. The summed E-state index contributed by atoms with van der Waals surface area (Å²) in [6.07, 6.45) is 11.6. The van der Waals surface area contributed by atoms with Gasteiger partial charge in [0.2, 0.25) is 0 Å². The fourth-order valence-electron chi connectivity index (χ4n) is 5.45. The van der Waals surface area contributed by atoms with Crippen LogP contribution in [0.4, 0.5) is 0 Å². The van der Waals surface area contributed by atoms with Gasteiger partial charge in [-0.25, -0.2) is 14.6 Å². The van der Waals surface area contributed by atoms with Crippen LogP contribution < -0.4 is 11.2 Å². The molecule has 0 saturated heterocycles. The monoisotopic (exact) mass is 462 g/mol. The third-order valence-electron chi connectivity index (χ3n) is 7.30. The maximum Gasteiger partial charge on any atom is 0.332 e. The molecule has 8 nitrogen and oxygen atoms in total. The van der Waals surface area contributed by atoms with Crippen molar-refractivity contribution in [2.24, 2.45) is 11.8 Å². The lowest BCUT2D eigenvalue weighted by Gasteiger charge is -2.16. The summed E-state index contributed by atoms with van der Waals surface area (Å²) >= 11 is 0. The van der Waals surface area contributed by atoms with Crippen molar-refractivity contribution in [3.05, 3.63) is 56.7 Å². The number of aromatic nitrogens is 4. The first-order valence-corrected chi connectivity index (χ1v) is 12.2. The molecule has 2 fully saturated rings. The van der Waals surface area contributed by atoms with Gasteiger partial charge in [0.25, 0.3) is 5.56 Å². The van der Waals surface area contributed by atoms with E-state index >= 15 is 0 Å². The molecule has 2 heterocycles. The van der Waals surface area contributed by atoms with Crippen LogP contribution in [0.2, 0.25) is 0 Å². The molecule has 5 rings (SSSR count). The number of aromatic amines is 1. The Hall–Kier alpha value is -3.42. The number of fused-ring (bicyclic) bond motifs is 1. The predicted molar refractivity (Wildman–Crippen MR) is 131 cm³/mol. The van der Waals surface area contributed by atoms with E-state index in [9.17, 15) is 14.4 Å². The minimum Gasteiger partial charge on any atom is -0.478 e. The van der Waals surface area contributed by atoms with Crippen molar-refractivity contribution in [1.29, 1.82) is 0 Å². The standard InChI is InChI=1S/C26H30N4O4/c31-21(32)14-11-17-9-12-20(13-10-17)23-27-22-24(28-23)29(15-18-5-1-2-6-18)26(34)30(25(22)33)16-19-7-3-4-8-19/h9-14,18-19H,1-8,15-16H2,(H,27,28)(H,31,32)/b14-11+. The van der Waals surface area contributed by atoms with Crippen LogP contribution in [0.25, 0.3) is 28.6 Å². The summed E-state index contributed by atoms with van der Waals surface area (Å²) in [5.74, 6) is 0.326. The van der Waals surface area contributed by atoms with Gasteiger partial charge in [0.15, 0.2) is 5.52 Å². The quantitative estimate of drug-likeness (QED) is 0.515. The lowest BCUT2D eigenvalue weighted by molar-refractivity contribution is -0.131. The molecule has 0 aliphatic heterocycles. The molecule has 0 bridgehead atoms. The third kappa shape index (κ3) is 4.49. The zero-order valence-corrected chi connectivity index (χ0v) is 19.2. The average Bonchev–Trinajstić information content (AvgIpc) is 3.60. The third-order valence-corrected chi connectivity index (χ3v) is 7.30. The average molecular weight is 463 g/mol. The Morgan fingerprint density at radius 1 is 0.971 bits per heavy atom. The van der Waals surface area contributed by atoms with Crippen molar-refractivity contribution in [2.45, 2.75) is 64.5 Å². The van der Waals surface area contributed by atoms with Crippen LogP contribution >= 0.6 is 0 Å². The smallest absolute Gasteiger partial charge is 0.332 e. The van der Waals surface area contributed by atoms with Gasteiger partial charge in [-0.1, -0.05) is 49.9 Å². The molecule has 3 aromatic rings. The van der Waals surface area contributed by atoms with Crippen molar-refractivity contribution in [1.82, 2.24) is 19.1 Å². The second-order valence-electron chi connectivity index (χ2n) is 9.69. The Morgan fingerprint density at radius 3 is 2.15 bits per heavy atom. The molecule has 0 atom stereocenters. The number of rotatable bonds is 7. The van der Waals surface area contributed by atoms with Gasteiger partial charge in [0.1, 0.15) is 11.5 Å². The minimum atomic E-state index is -1.00. The van der Waals surface area contributed by atoms with Gasteiger partial charge >= 0.3 is 11.7 Å². The molecule has 0 amide bonds. The van der Waals surface area contributed by atoms with Gasteiger partial charge in [0, 0.05) is 24.7 Å². The number of aliphatic carboxylic acids is 1. The zero-order chi connectivity index (χ0) is 23.7. The van der Waals surface area contributed by atoms with Crippen molar-refractivity contribution >= 4 is 23.2 Å². The normalized spacial score (nSPS) is 17.4. The zero-order valence-electron chi connectivity index (χ0n) is 19.2. The van der Waals surface area contributed by atoms with Gasteiger partial charge in [-0.3, -0.25) is 13.9 Å². The molecule has 2 aliphatic rings. The number of benzene rings is 1. The fourth-order valence-corrected chi connectivity index (χ4v) is 5.45. The Bertz CT molecular complexity index is 1330. The summed E-state index contributed by atoms with van der Waals surface area (Å²) in [6, 6.07) is 7.25. The number of nitrogens with zero attached hydrogens (tertiary/aromatic N) is 3. The summed E-state index contributed by atoms with van der Waals surface area (Å²) in [7, 11) is 0. The van der Waals surface area contributed by atoms with E-state index in [1.54, 1.807) is 16.7 Å². The fraction of sp³-hybridized carbons (Fsp3) is 0.462. The number of nitrogens with one attached hydrogen (secondary N) is 1. The summed E-state index contributed by atoms with van der Waals surface area (Å²) in [4.78, 5) is 45.5. The summed E-state index contributed by atoms with van der Waals surface area (Å²) in [5, 5.41) is 8.82. The number of H-pyrrole nitrogens is 1. The molecule has 0 unspecified atom stereocenters. The van der Waals surface area contributed by atoms with Crippen molar-refractivity contribution in [2.75, 3.05) is 0 Å². The maximum atomic E-state index is 13.5. The first kappa shape index (κ1) is 22.4. The molecule has 0 radical (unpaired) electrons. The molecule has 1 aromatic carbocycles. The predicted octanol–water partition coefficient (Wildman–Crippen LogP) is 4.03. The molecular formula is C26H30N4O4. The van der Waals surface area contributed by atoms with Crippen LogP contribution in [0.3, 0.4) is 0 Å². The van der Waals surface area contributed by atoms with Crippen LogP contribution in [0.1, 0.15) is 56.9 Å². The van der Waals surface area contributed by atoms with E-state index in [4.69, 9.17) is 5.11 Å². The lowest BCUT2D eigenvalue weighted by atomic mass is 10.1. The van der Waals surface area contributed by atoms with Gasteiger partial charge in [0.05, 0.1) is 0 Å². The Kier molecular flexibility index (Phi) is 6.22. The highest BCUT2D eigenvalue weighted by Gasteiger charge is 2.24. The van der Waals surface area contributed by atoms with E-state index in [2.05, 4.69) is 9.97 Å². The van der Waals surface area contributed by atoms with E-state index in [0.717, 1.165) is 55.7 Å². The molecule has 178 valence electrons. The van der Waals surface area contributed by atoms with Gasteiger partial charge in [-0.2, -0.15) is 0 Å². The SMILES string of the molecule is O=C(O)/C=C/c1ccc(-c2nc3c(=O)n(CC4CCCC4)c(=O)n(CC4CCCC4)c3[nH]2)cc1. The summed E-state index contributed by atoms with van der Waals surface area (Å²) in [6.45, 7) is 1.06. The molecule has 34 heavy (non-hydrogen) atoms. The molecule has 2 aliphatic carbocycles. The van der Waals surface area contributed by atoms with E-state index in [1.807, 2.05) is 12.1 Å². The van der Waals surface area contributed by atoms with Gasteiger partial charge < -0.3 is 10.1 Å². The van der Waals surface area contributed by atoms with Crippen LogP contribution in [0.15, 0.2) is 39.9 Å². The number of imidazole rings is 1. The number of carboxylic acid groups (broad SMARTS) is 1. The Balaban J connectivity index is 1.57. The topological polar surface area (TPSA) is 110 Å². The second-order valence-corrected chi connectivity index (χ2v) is 9.69. The first-order valence-electron chi connectivity index (χ1n) is 12.2. The van der Waals surface area contributed by atoms with E-state index < -0.39 is 5.97 Å². The van der Waals surface area contributed by atoms with E-state index in [1.165, 1.54) is 23.5 Å². The van der Waals surface area contributed by atoms with E-state index in [-0.39, 0.29) is 11.2 Å². The van der Waals surface area contributed by atoms with Crippen molar-refractivity contribution in [3.8, 4) is 11.4 Å². The van der Waals surface area contributed by atoms with Crippen molar-refractivity contribution in [3.63, 3.8) is 0 Å². The molecular weight excluding hydrogens is 432 g/mol. The second kappa shape index (κ2) is 9.44. The largest absolute Gasteiger partial charge is 0.478 e. The highest BCUT2D eigenvalue weighted by molar-refractivity contribution is 5.85. The molecule has 2 saturated carbocycles. The van der Waals surface area contributed by atoms with Crippen LogP contribution in [0.5, 0.6) is 0 Å². The lowest BCUT2D eigenvalue weighted by Crippen LogP contribution is -2.42. The number of carboxylic acids is 1. The van der Waals surface area contributed by atoms with Crippen LogP contribution in [-0.2, 0) is 17.9 Å². The summed E-state index contributed by atoms with van der Waals surface area (Å²) < 4.78 is 3.15.